The van der Waals surface area contributed by atoms with E-state index in [-0.39, 0.29) is 5.82 Å². The van der Waals surface area contributed by atoms with Crippen LogP contribution in [0.5, 0.6) is 0 Å². The van der Waals surface area contributed by atoms with Gasteiger partial charge in [-0.1, -0.05) is 0 Å². The quantitative estimate of drug-likeness (QED) is 0.697. The largest absolute Gasteiger partial charge is 0.397 e. The Balaban J connectivity index is 2.54. The summed E-state index contributed by atoms with van der Waals surface area (Å²) in [6, 6.07) is 5.68. The van der Waals surface area contributed by atoms with Crippen LogP contribution < -0.4 is 5.73 Å². The fraction of sp³-hybridized carbons (Fsp3) is 0. The maximum atomic E-state index is 12.9. The lowest BCUT2D eigenvalue weighted by molar-refractivity contribution is 0.625. The number of nitrogen functional groups attached to an aromatic ring is 1. The van der Waals surface area contributed by atoms with Crippen LogP contribution in [0.25, 0.3) is 5.69 Å². The predicted molar refractivity (Wildman–Crippen MR) is 50.4 cm³/mol. The average molecular weight is 203 g/mol. The van der Waals surface area contributed by atoms with Gasteiger partial charge < -0.3 is 5.73 Å². The highest BCUT2D eigenvalue weighted by Crippen LogP contribution is 2.16. The van der Waals surface area contributed by atoms with Crippen LogP contribution in [0.2, 0.25) is 0 Å². The van der Waals surface area contributed by atoms with E-state index >= 15 is 0 Å². The summed E-state index contributed by atoms with van der Waals surface area (Å²) in [5.74, 6) is -0.410. The van der Waals surface area contributed by atoms with Gasteiger partial charge in [-0.05, 0) is 12.1 Å². The van der Waals surface area contributed by atoms with Crippen molar-refractivity contribution in [2.24, 2.45) is 0 Å². The monoisotopic (exact) mass is 203 g/mol. The molecule has 0 aliphatic rings. The summed E-state index contributed by atoms with van der Waals surface area (Å²) < 4.78 is 14.2. The highest BCUT2D eigenvalue weighted by atomic mass is 19.1. The number of nitriles is 1. The minimum absolute atomic E-state index is 0.0126. The lowest BCUT2D eigenvalue weighted by Crippen LogP contribution is -2.01. The maximum Gasteiger partial charge on any atom is 0.252 e. The van der Waals surface area contributed by atoms with Gasteiger partial charge in [0, 0.05) is 6.07 Å². The van der Waals surface area contributed by atoms with Crippen molar-refractivity contribution in [3.05, 3.63) is 36.2 Å². The van der Waals surface area contributed by atoms with Crippen molar-refractivity contribution in [3.8, 4) is 11.8 Å². The van der Waals surface area contributed by atoms with Crippen molar-refractivity contribution in [2.75, 3.05) is 5.73 Å². The second-order valence-corrected chi connectivity index (χ2v) is 2.83. The minimum atomic E-state index is -0.423. The summed E-state index contributed by atoms with van der Waals surface area (Å²) in [5, 5.41) is 12.3. The van der Waals surface area contributed by atoms with Gasteiger partial charge in [0.1, 0.15) is 18.2 Å². The number of nitrogens with zero attached hydrogens (tertiary/aromatic N) is 4. The van der Waals surface area contributed by atoms with Gasteiger partial charge in [-0.3, -0.25) is 0 Å². The molecule has 0 spiro atoms. The SMILES string of the molecule is N#Cc1ncn(-c2cc(F)ccc2N)n1. The summed E-state index contributed by atoms with van der Waals surface area (Å²) in [6.45, 7) is 0. The van der Waals surface area contributed by atoms with Crippen molar-refractivity contribution >= 4 is 5.69 Å². The van der Waals surface area contributed by atoms with E-state index in [0.717, 1.165) is 0 Å². The molecule has 15 heavy (non-hydrogen) atoms. The first kappa shape index (κ1) is 9.15. The molecule has 1 aromatic carbocycles. The zero-order valence-electron chi connectivity index (χ0n) is 7.55. The fourth-order valence-electron chi connectivity index (χ4n) is 1.15. The molecule has 0 aliphatic carbocycles. The smallest absolute Gasteiger partial charge is 0.252 e. The number of hydrogen-bond donors (Lipinski definition) is 1. The van der Waals surface area contributed by atoms with E-state index in [9.17, 15) is 4.39 Å². The summed E-state index contributed by atoms with van der Waals surface area (Å²) in [4.78, 5) is 3.69. The average Bonchev–Trinajstić information content (AvgIpc) is 2.70. The van der Waals surface area contributed by atoms with E-state index in [0.29, 0.717) is 11.4 Å². The van der Waals surface area contributed by atoms with Crippen LogP contribution in [0.4, 0.5) is 10.1 Å². The summed E-state index contributed by atoms with van der Waals surface area (Å²) in [6.07, 6.45) is 1.31. The fourth-order valence-corrected chi connectivity index (χ4v) is 1.15. The highest BCUT2D eigenvalue weighted by molar-refractivity contribution is 5.57. The van der Waals surface area contributed by atoms with E-state index in [1.807, 2.05) is 0 Å². The van der Waals surface area contributed by atoms with Gasteiger partial charge in [-0.15, -0.1) is 5.10 Å². The molecule has 0 bridgehead atoms. The number of aromatic nitrogens is 3. The Morgan fingerprint density at radius 3 is 2.93 bits per heavy atom. The number of rotatable bonds is 1. The van der Waals surface area contributed by atoms with E-state index in [1.165, 1.54) is 29.2 Å². The third-order valence-corrected chi connectivity index (χ3v) is 1.83. The Morgan fingerprint density at radius 2 is 2.27 bits per heavy atom. The molecule has 0 amide bonds. The number of anilines is 1. The number of benzene rings is 1. The summed E-state index contributed by atoms with van der Waals surface area (Å²) >= 11 is 0. The van der Waals surface area contributed by atoms with E-state index in [2.05, 4.69) is 10.1 Å². The second kappa shape index (κ2) is 3.38. The van der Waals surface area contributed by atoms with Gasteiger partial charge in [-0.2, -0.15) is 5.26 Å². The molecule has 0 aliphatic heterocycles. The molecule has 0 saturated heterocycles. The van der Waals surface area contributed by atoms with Crippen LogP contribution in [0.15, 0.2) is 24.5 Å². The molecular weight excluding hydrogens is 197 g/mol. The number of nitrogens with two attached hydrogens (primary N) is 1. The van der Waals surface area contributed by atoms with Crippen molar-refractivity contribution in [2.45, 2.75) is 0 Å². The topological polar surface area (TPSA) is 80.5 Å². The Kier molecular flexibility index (Phi) is 2.06. The van der Waals surface area contributed by atoms with Crippen LogP contribution in [-0.2, 0) is 0 Å². The van der Waals surface area contributed by atoms with E-state index in [1.54, 1.807) is 6.07 Å². The van der Waals surface area contributed by atoms with Crippen LogP contribution in [0, 0.1) is 17.1 Å². The van der Waals surface area contributed by atoms with Gasteiger partial charge in [0.25, 0.3) is 5.82 Å². The second-order valence-electron chi connectivity index (χ2n) is 2.83. The number of halogens is 1. The zero-order valence-corrected chi connectivity index (χ0v) is 7.55. The molecule has 2 aromatic rings. The van der Waals surface area contributed by atoms with Gasteiger partial charge in [0.05, 0.1) is 11.4 Å². The predicted octanol–water partition coefficient (Wildman–Crippen LogP) is 0.860. The van der Waals surface area contributed by atoms with Crippen LogP contribution in [-0.4, -0.2) is 14.8 Å². The van der Waals surface area contributed by atoms with Gasteiger partial charge in [0.15, 0.2) is 0 Å². The standard InChI is InChI=1S/C9H6FN5/c10-6-1-2-7(12)8(3-6)15-5-13-9(4-11)14-15/h1-3,5H,12H2. The molecule has 5 nitrogen and oxygen atoms in total. The lowest BCUT2D eigenvalue weighted by Gasteiger charge is -2.03. The first-order chi connectivity index (χ1) is 7.20. The molecule has 1 heterocycles. The lowest BCUT2D eigenvalue weighted by atomic mass is 10.2. The van der Waals surface area contributed by atoms with Crippen molar-refractivity contribution < 1.29 is 4.39 Å². The molecule has 2 rings (SSSR count). The summed E-state index contributed by atoms with van der Waals surface area (Å²) in [5.41, 5.74) is 6.37. The molecule has 6 heteroatoms. The first-order valence-corrected chi connectivity index (χ1v) is 4.08. The maximum absolute atomic E-state index is 12.9. The molecule has 2 N–H and O–H groups in total. The molecule has 0 unspecified atom stereocenters. The summed E-state index contributed by atoms with van der Waals surface area (Å²) in [7, 11) is 0. The molecule has 1 aromatic heterocycles. The van der Waals surface area contributed by atoms with Crippen LogP contribution in [0.3, 0.4) is 0 Å². The van der Waals surface area contributed by atoms with E-state index in [4.69, 9.17) is 11.0 Å². The van der Waals surface area contributed by atoms with Crippen molar-refractivity contribution in [1.29, 1.82) is 5.26 Å². The normalized spacial score (nSPS) is 9.87. The third kappa shape index (κ3) is 1.62. The first-order valence-electron chi connectivity index (χ1n) is 4.08. The van der Waals surface area contributed by atoms with E-state index < -0.39 is 5.82 Å². The molecule has 74 valence electrons. The molecule has 0 saturated carbocycles. The van der Waals surface area contributed by atoms with Crippen LogP contribution >= 0.6 is 0 Å². The number of hydrogen-bond acceptors (Lipinski definition) is 4. The van der Waals surface area contributed by atoms with Gasteiger partial charge in [-0.25, -0.2) is 14.1 Å². The molecule has 0 fully saturated rings. The minimum Gasteiger partial charge on any atom is -0.397 e. The molecule has 0 atom stereocenters. The zero-order chi connectivity index (χ0) is 10.8. The van der Waals surface area contributed by atoms with Crippen molar-refractivity contribution in [1.82, 2.24) is 14.8 Å². The Morgan fingerprint density at radius 1 is 1.47 bits per heavy atom. The molecule has 0 radical (unpaired) electrons. The Labute approximate surface area is 84.6 Å². The highest BCUT2D eigenvalue weighted by Gasteiger charge is 2.06. The van der Waals surface area contributed by atoms with Crippen LogP contribution in [0.1, 0.15) is 5.82 Å². The van der Waals surface area contributed by atoms with Crippen molar-refractivity contribution in [3.63, 3.8) is 0 Å². The van der Waals surface area contributed by atoms with Gasteiger partial charge >= 0.3 is 0 Å². The van der Waals surface area contributed by atoms with Gasteiger partial charge in [0.2, 0.25) is 0 Å². The third-order valence-electron chi connectivity index (χ3n) is 1.83. The molecular formula is C9H6FN5. The Hall–Kier alpha value is -2.42. The Bertz CT molecular complexity index is 540.